The molecule has 0 aliphatic rings. The number of halogens is 1. The third kappa shape index (κ3) is 6.84. The quantitative estimate of drug-likeness (QED) is 0.535. The highest BCUT2D eigenvalue weighted by atomic mass is 35.5. The molecule has 0 saturated carbocycles. The van der Waals surface area contributed by atoms with E-state index in [4.69, 9.17) is 16.3 Å². The van der Waals surface area contributed by atoms with Crippen LogP contribution in [-0.2, 0) is 35.7 Å². The number of amides is 1. The molecule has 1 N–H and O–H groups in total. The number of carbonyl (C=O) groups excluding carboxylic acids is 1. The average Bonchev–Trinajstić information content (AvgIpc) is 2.73. The lowest BCUT2D eigenvalue weighted by atomic mass is 10.1. The van der Waals surface area contributed by atoms with Crippen molar-refractivity contribution in [3.8, 4) is 0 Å². The fourth-order valence-corrected chi connectivity index (χ4v) is 3.01. The van der Waals surface area contributed by atoms with Gasteiger partial charge in [0.2, 0.25) is 5.91 Å². The van der Waals surface area contributed by atoms with Gasteiger partial charge in [0.15, 0.2) is 0 Å². The third-order valence-electron chi connectivity index (χ3n) is 4.42. The Bertz CT molecular complexity index is 879. The van der Waals surface area contributed by atoms with Crippen LogP contribution in [0.25, 0.3) is 0 Å². The van der Waals surface area contributed by atoms with Gasteiger partial charge in [0.05, 0.1) is 13.2 Å². The van der Waals surface area contributed by atoms with Crippen molar-refractivity contribution in [2.75, 3.05) is 0 Å². The number of hydrogen-bond donors (Lipinski definition) is 1. The van der Waals surface area contributed by atoms with Crippen molar-refractivity contribution >= 4 is 17.5 Å². The fraction of sp³-hybridized carbons (Fsp3) is 0.208. The largest absolute Gasteiger partial charge is 0.372 e. The first kappa shape index (κ1) is 20.1. The van der Waals surface area contributed by atoms with Crippen molar-refractivity contribution in [1.29, 1.82) is 0 Å². The normalized spacial score (nSPS) is 10.6. The molecule has 0 atom stereocenters. The van der Waals surface area contributed by atoms with Crippen molar-refractivity contribution in [3.63, 3.8) is 0 Å². The van der Waals surface area contributed by atoms with E-state index in [0.29, 0.717) is 37.6 Å². The summed E-state index contributed by atoms with van der Waals surface area (Å²) in [7, 11) is 0. The first-order valence-electron chi connectivity index (χ1n) is 9.40. The standard InChI is InChI=1S/C24H24ClNO2/c25-23-12-9-19(10-13-23)11-14-24(27)26-16-21-7-4-8-22(15-21)18-28-17-20-5-2-1-3-6-20/h1-10,12-13,15H,11,14,16-18H2,(H,26,27). The van der Waals surface area contributed by atoms with Gasteiger partial charge in [-0.2, -0.15) is 0 Å². The minimum absolute atomic E-state index is 0.0423. The summed E-state index contributed by atoms with van der Waals surface area (Å²) in [4.78, 5) is 12.1. The number of benzene rings is 3. The van der Waals surface area contributed by atoms with E-state index in [9.17, 15) is 4.79 Å². The number of rotatable bonds is 9. The third-order valence-corrected chi connectivity index (χ3v) is 4.67. The molecule has 0 saturated heterocycles. The van der Waals surface area contributed by atoms with E-state index in [1.165, 1.54) is 0 Å². The van der Waals surface area contributed by atoms with Crippen LogP contribution in [0.4, 0.5) is 0 Å². The van der Waals surface area contributed by atoms with Crippen molar-refractivity contribution in [1.82, 2.24) is 5.32 Å². The molecule has 0 aliphatic heterocycles. The smallest absolute Gasteiger partial charge is 0.220 e. The van der Waals surface area contributed by atoms with Gasteiger partial charge in [-0.3, -0.25) is 4.79 Å². The molecular formula is C24H24ClNO2. The molecule has 1 amide bonds. The molecule has 0 bridgehead atoms. The zero-order chi connectivity index (χ0) is 19.6. The van der Waals surface area contributed by atoms with Crippen LogP contribution in [-0.4, -0.2) is 5.91 Å². The van der Waals surface area contributed by atoms with Gasteiger partial charge in [-0.05, 0) is 40.8 Å². The van der Waals surface area contributed by atoms with Crippen molar-refractivity contribution in [3.05, 3.63) is 106 Å². The van der Waals surface area contributed by atoms with Crippen molar-refractivity contribution in [2.24, 2.45) is 0 Å². The molecule has 0 radical (unpaired) electrons. The Kier molecular flexibility index (Phi) is 7.65. The summed E-state index contributed by atoms with van der Waals surface area (Å²) in [5.41, 5.74) is 4.44. The fourth-order valence-electron chi connectivity index (χ4n) is 2.89. The zero-order valence-corrected chi connectivity index (χ0v) is 16.5. The minimum Gasteiger partial charge on any atom is -0.372 e. The van der Waals surface area contributed by atoms with Crippen LogP contribution in [0.1, 0.15) is 28.7 Å². The second-order valence-electron chi connectivity index (χ2n) is 6.70. The number of hydrogen-bond acceptors (Lipinski definition) is 2. The molecular weight excluding hydrogens is 370 g/mol. The lowest BCUT2D eigenvalue weighted by molar-refractivity contribution is -0.121. The SMILES string of the molecule is O=C(CCc1ccc(Cl)cc1)NCc1cccc(COCc2ccccc2)c1. The first-order valence-corrected chi connectivity index (χ1v) is 9.77. The molecule has 0 unspecified atom stereocenters. The summed E-state index contributed by atoms with van der Waals surface area (Å²) < 4.78 is 5.79. The zero-order valence-electron chi connectivity index (χ0n) is 15.7. The van der Waals surface area contributed by atoms with Gasteiger partial charge in [0.25, 0.3) is 0 Å². The molecule has 0 heterocycles. The highest BCUT2D eigenvalue weighted by Crippen LogP contribution is 2.12. The summed E-state index contributed by atoms with van der Waals surface area (Å²) in [6.45, 7) is 1.66. The molecule has 3 rings (SSSR count). The van der Waals surface area contributed by atoms with Crippen LogP contribution >= 0.6 is 11.6 Å². The Balaban J connectivity index is 1.41. The van der Waals surface area contributed by atoms with Crippen LogP contribution in [0.2, 0.25) is 5.02 Å². The number of carbonyl (C=O) groups is 1. The number of aryl methyl sites for hydroxylation is 1. The predicted molar refractivity (Wildman–Crippen MR) is 113 cm³/mol. The number of ether oxygens (including phenoxy) is 1. The van der Waals surface area contributed by atoms with E-state index in [0.717, 1.165) is 22.3 Å². The maximum atomic E-state index is 12.1. The molecule has 4 heteroatoms. The second kappa shape index (κ2) is 10.6. The molecule has 144 valence electrons. The van der Waals surface area contributed by atoms with Crippen LogP contribution < -0.4 is 5.32 Å². The number of nitrogens with one attached hydrogen (secondary N) is 1. The first-order chi connectivity index (χ1) is 13.7. The van der Waals surface area contributed by atoms with Gasteiger partial charge < -0.3 is 10.1 Å². The maximum absolute atomic E-state index is 12.1. The molecule has 0 fully saturated rings. The van der Waals surface area contributed by atoms with Crippen molar-refractivity contribution < 1.29 is 9.53 Å². The summed E-state index contributed by atoms with van der Waals surface area (Å²) >= 11 is 5.88. The van der Waals surface area contributed by atoms with Gasteiger partial charge in [0.1, 0.15) is 0 Å². The second-order valence-corrected chi connectivity index (χ2v) is 7.14. The molecule has 3 aromatic carbocycles. The molecule has 3 aromatic rings. The highest BCUT2D eigenvalue weighted by molar-refractivity contribution is 6.30. The van der Waals surface area contributed by atoms with Crippen LogP contribution in [0.3, 0.4) is 0 Å². The van der Waals surface area contributed by atoms with E-state index in [1.807, 2.05) is 60.7 Å². The summed E-state index contributed by atoms with van der Waals surface area (Å²) in [5, 5.41) is 3.69. The topological polar surface area (TPSA) is 38.3 Å². The minimum atomic E-state index is 0.0423. The lowest BCUT2D eigenvalue weighted by Crippen LogP contribution is -2.23. The van der Waals surface area contributed by atoms with Gasteiger partial charge in [-0.15, -0.1) is 0 Å². The Morgan fingerprint density at radius 2 is 1.46 bits per heavy atom. The lowest BCUT2D eigenvalue weighted by Gasteiger charge is -2.09. The Labute approximate surface area is 171 Å². The van der Waals surface area contributed by atoms with Gasteiger partial charge in [0, 0.05) is 18.0 Å². The summed E-state index contributed by atoms with van der Waals surface area (Å²) in [6, 6.07) is 25.8. The molecule has 0 spiro atoms. The van der Waals surface area contributed by atoms with Crippen LogP contribution in [0.15, 0.2) is 78.9 Å². The highest BCUT2D eigenvalue weighted by Gasteiger charge is 2.04. The summed E-state index contributed by atoms with van der Waals surface area (Å²) in [5.74, 6) is 0.0423. The van der Waals surface area contributed by atoms with E-state index < -0.39 is 0 Å². The van der Waals surface area contributed by atoms with E-state index in [-0.39, 0.29) is 5.91 Å². The predicted octanol–water partition coefficient (Wildman–Crippen LogP) is 5.31. The van der Waals surface area contributed by atoms with Gasteiger partial charge >= 0.3 is 0 Å². The van der Waals surface area contributed by atoms with Crippen LogP contribution in [0.5, 0.6) is 0 Å². The average molecular weight is 394 g/mol. The van der Waals surface area contributed by atoms with Crippen LogP contribution in [0, 0.1) is 0 Å². The van der Waals surface area contributed by atoms with E-state index >= 15 is 0 Å². The Morgan fingerprint density at radius 1 is 0.786 bits per heavy atom. The van der Waals surface area contributed by atoms with Gasteiger partial charge in [-0.1, -0.05) is 78.3 Å². The molecule has 0 aliphatic carbocycles. The monoisotopic (exact) mass is 393 g/mol. The molecule has 28 heavy (non-hydrogen) atoms. The van der Waals surface area contributed by atoms with E-state index in [2.05, 4.69) is 23.5 Å². The Hall–Kier alpha value is -2.62. The molecule has 3 nitrogen and oxygen atoms in total. The maximum Gasteiger partial charge on any atom is 0.220 e. The summed E-state index contributed by atoms with van der Waals surface area (Å²) in [6.07, 6.45) is 1.16. The van der Waals surface area contributed by atoms with E-state index in [1.54, 1.807) is 0 Å². The molecule has 0 aromatic heterocycles. The Morgan fingerprint density at radius 3 is 2.25 bits per heavy atom. The van der Waals surface area contributed by atoms with Gasteiger partial charge in [-0.25, -0.2) is 0 Å². The van der Waals surface area contributed by atoms with Crippen molar-refractivity contribution in [2.45, 2.75) is 32.6 Å².